The molecule has 1 aliphatic carbocycles. The molecule has 24 heavy (non-hydrogen) atoms. The minimum atomic E-state index is -1.02. The molecule has 1 aliphatic rings. The van der Waals surface area contributed by atoms with Crippen LogP contribution in [-0.2, 0) is 4.79 Å². The largest absolute Gasteiger partial charge is 0.384 e. The fourth-order valence-corrected chi connectivity index (χ4v) is 2.75. The van der Waals surface area contributed by atoms with Gasteiger partial charge in [0, 0.05) is 23.5 Å². The molecule has 1 fully saturated rings. The van der Waals surface area contributed by atoms with Gasteiger partial charge in [0.1, 0.15) is 17.6 Å². The zero-order chi connectivity index (χ0) is 16.8. The lowest BCUT2D eigenvalue weighted by molar-refractivity contribution is -0.117. The third-order valence-electron chi connectivity index (χ3n) is 4.19. The van der Waals surface area contributed by atoms with Gasteiger partial charge in [0.05, 0.1) is 12.1 Å². The van der Waals surface area contributed by atoms with E-state index in [1.165, 1.54) is 0 Å². The van der Waals surface area contributed by atoms with Crippen molar-refractivity contribution >= 4 is 23.2 Å². The lowest BCUT2D eigenvalue weighted by Gasteiger charge is -2.06. The minimum absolute atomic E-state index is 0.298. The first-order chi connectivity index (χ1) is 11.5. The molecule has 3 heterocycles. The van der Waals surface area contributed by atoms with Crippen molar-refractivity contribution in [3.05, 3.63) is 42.4 Å². The number of anilines is 2. The first-order valence-electron chi connectivity index (χ1n) is 7.67. The summed E-state index contributed by atoms with van der Waals surface area (Å²) in [5.74, 6) is 0.0539. The number of alkyl halides is 1. The molecule has 0 unspecified atom stereocenters. The summed E-state index contributed by atoms with van der Waals surface area (Å²) in [6.07, 6.45) is 4.64. The van der Waals surface area contributed by atoms with Crippen LogP contribution in [0.3, 0.4) is 0 Å². The first-order valence-corrected chi connectivity index (χ1v) is 7.67. The minimum Gasteiger partial charge on any atom is -0.384 e. The average molecular weight is 325 g/mol. The van der Waals surface area contributed by atoms with Crippen LogP contribution in [0.4, 0.5) is 16.0 Å². The van der Waals surface area contributed by atoms with Crippen LogP contribution in [0.15, 0.2) is 36.8 Å². The summed E-state index contributed by atoms with van der Waals surface area (Å²) in [6, 6.07) is 5.62. The van der Waals surface area contributed by atoms with Crippen LogP contribution in [0.25, 0.3) is 16.8 Å². The zero-order valence-corrected chi connectivity index (χ0v) is 13.0. The molecular formula is C17H16FN5O. The molecule has 7 heteroatoms. The monoisotopic (exact) mass is 325 g/mol. The van der Waals surface area contributed by atoms with Gasteiger partial charge in [-0.15, -0.1) is 0 Å². The van der Waals surface area contributed by atoms with E-state index in [1.54, 1.807) is 12.4 Å². The Morgan fingerprint density at radius 1 is 1.42 bits per heavy atom. The van der Waals surface area contributed by atoms with Gasteiger partial charge in [-0.1, -0.05) is 0 Å². The number of nitrogens with one attached hydrogen (secondary N) is 1. The molecule has 0 bridgehead atoms. The van der Waals surface area contributed by atoms with Crippen molar-refractivity contribution in [1.82, 2.24) is 14.4 Å². The fourth-order valence-electron chi connectivity index (χ4n) is 2.75. The number of amides is 1. The van der Waals surface area contributed by atoms with E-state index in [0.29, 0.717) is 23.7 Å². The van der Waals surface area contributed by atoms with Gasteiger partial charge in [-0.3, -0.25) is 4.79 Å². The summed E-state index contributed by atoms with van der Waals surface area (Å²) in [5, 5.41) is 2.66. The zero-order valence-electron chi connectivity index (χ0n) is 13.0. The predicted octanol–water partition coefficient (Wildman–Crippen LogP) is 2.58. The van der Waals surface area contributed by atoms with Gasteiger partial charge >= 0.3 is 0 Å². The average Bonchev–Trinajstić information content (AvgIpc) is 3.13. The number of rotatable bonds is 3. The molecule has 6 nitrogen and oxygen atoms in total. The molecule has 4 rings (SSSR count). The van der Waals surface area contributed by atoms with E-state index >= 15 is 0 Å². The highest BCUT2D eigenvalue weighted by molar-refractivity contribution is 5.94. The van der Waals surface area contributed by atoms with Crippen LogP contribution in [0.1, 0.15) is 12.0 Å². The Morgan fingerprint density at radius 2 is 2.21 bits per heavy atom. The molecule has 0 aromatic carbocycles. The molecule has 3 aromatic rings. The summed E-state index contributed by atoms with van der Waals surface area (Å²) in [6.45, 7) is 1.97. The molecule has 0 radical (unpaired) electrons. The number of aryl methyl sites for hydroxylation is 1. The number of carbonyl (C=O) groups is 1. The number of nitrogen functional groups attached to an aromatic ring is 1. The maximum Gasteiger partial charge on any atom is 0.231 e. The van der Waals surface area contributed by atoms with E-state index < -0.39 is 12.1 Å². The molecule has 122 valence electrons. The van der Waals surface area contributed by atoms with Crippen molar-refractivity contribution in [3.63, 3.8) is 0 Å². The van der Waals surface area contributed by atoms with Crippen molar-refractivity contribution in [1.29, 1.82) is 0 Å². The Labute approximate surface area is 137 Å². The Balaban J connectivity index is 1.64. The SMILES string of the molecule is Cc1cc(N)ncc1-c1ccc2nc(NC(=O)[C@@H]3C[C@@H]3F)cn2c1. The van der Waals surface area contributed by atoms with Gasteiger partial charge in [-0.2, -0.15) is 0 Å². The third-order valence-corrected chi connectivity index (χ3v) is 4.19. The van der Waals surface area contributed by atoms with E-state index in [-0.39, 0.29) is 5.91 Å². The number of halogens is 1. The molecule has 0 spiro atoms. The second-order valence-electron chi connectivity index (χ2n) is 6.08. The molecule has 3 aromatic heterocycles. The van der Waals surface area contributed by atoms with Gasteiger partial charge in [-0.25, -0.2) is 14.4 Å². The van der Waals surface area contributed by atoms with Gasteiger partial charge in [0.15, 0.2) is 5.82 Å². The van der Waals surface area contributed by atoms with Crippen molar-refractivity contribution in [2.24, 2.45) is 5.92 Å². The Hall–Kier alpha value is -2.96. The maximum absolute atomic E-state index is 12.9. The number of nitrogens with zero attached hydrogens (tertiary/aromatic N) is 3. The molecular weight excluding hydrogens is 309 g/mol. The van der Waals surface area contributed by atoms with Crippen LogP contribution in [0.5, 0.6) is 0 Å². The van der Waals surface area contributed by atoms with Gasteiger partial charge in [0.2, 0.25) is 5.91 Å². The molecule has 2 atom stereocenters. The quantitative estimate of drug-likeness (QED) is 0.775. The van der Waals surface area contributed by atoms with Crippen molar-refractivity contribution in [2.45, 2.75) is 19.5 Å². The van der Waals surface area contributed by atoms with E-state index in [0.717, 1.165) is 16.7 Å². The van der Waals surface area contributed by atoms with Crippen LogP contribution >= 0.6 is 0 Å². The van der Waals surface area contributed by atoms with Crippen molar-refractivity contribution in [2.75, 3.05) is 11.1 Å². The number of hydrogen-bond donors (Lipinski definition) is 2. The second kappa shape index (κ2) is 5.30. The Bertz CT molecular complexity index is 951. The number of nitrogens with two attached hydrogens (primary N) is 1. The van der Waals surface area contributed by atoms with Crippen LogP contribution in [0, 0.1) is 12.8 Å². The van der Waals surface area contributed by atoms with Crippen LogP contribution in [0.2, 0.25) is 0 Å². The number of hydrogen-bond acceptors (Lipinski definition) is 4. The summed E-state index contributed by atoms with van der Waals surface area (Å²) in [4.78, 5) is 20.3. The van der Waals surface area contributed by atoms with E-state index in [1.807, 2.05) is 35.7 Å². The second-order valence-corrected chi connectivity index (χ2v) is 6.08. The predicted molar refractivity (Wildman–Crippen MR) is 89.2 cm³/mol. The highest BCUT2D eigenvalue weighted by Gasteiger charge is 2.43. The highest BCUT2D eigenvalue weighted by Crippen LogP contribution is 2.34. The highest BCUT2D eigenvalue weighted by atomic mass is 19.1. The number of imidazole rings is 1. The summed E-state index contributed by atoms with van der Waals surface area (Å²) in [5.41, 5.74) is 9.36. The van der Waals surface area contributed by atoms with Gasteiger partial charge in [-0.05, 0) is 37.1 Å². The summed E-state index contributed by atoms with van der Waals surface area (Å²) >= 11 is 0. The molecule has 3 N–H and O–H groups in total. The van der Waals surface area contributed by atoms with Crippen molar-refractivity contribution < 1.29 is 9.18 Å². The van der Waals surface area contributed by atoms with E-state index in [2.05, 4.69) is 15.3 Å². The van der Waals surface area contributed by atoms with Gasteiger partial charge < -0.3 is 15.5 Å². The van der Waals surface area contributed by atoms with E-state index in [9.17, 15) is 9.18 Å². The third kappa shape index (κ3) is 2.58. The number of fused-ring (bicyclic) bond motifs is 1. The molecule has 1 amide bonds. The topological polar surface area (TPSA) is 85.3 Å². The summed E-state index contributed by atoms with van der Waals surface area (Å²) < 4.78 is 14.8. The van der Waals surface area contributed by atoms with Crippen LogP contribution < -0.4 is 11.1 Å². The molecule has 1 saturated carbocycles. The van der Waals surface area contributed by atoms with Crippen molar-refractivity contribution in [3.8, 4) is 11.1 Å². The lowest BCUT2D eigenvalue weighted by Crippen LogP contribution is -2.15. The Morgan fingerprint density at radius 3 is 2.92 bits per heavy atom. The van der Waals surface area contributed by atoms with Crippen LogP contribution in [-0.4, -0.2) is 26.4 Å². The smallest absolute Gasteiger partial charge is 0.231 e. The first kappa shape index (κ1) is 14.6. The number of aromatic nitrogens is 3. The number of carbonyl (C=O) groups excluding carboxylic acids is 1. The Kier molecular flexibility index (Phi) is 3.23. The molecule has 0 aliphatic heterocycles. The van der Waals surface area contributed by atoms with E-state index in [4.69, 9.17) is 5.73 Å². The lowest BCUT2D eigenvalue weighted by atomic mass is 10.1. The maximum atomic E-state index is 12.9. The summed E-state index contributed by atoms with van der Waals surface area (Å²) in [7, 11) is 0. The normalized spacial score (nSPS) is 19.4. The fraction of sp³-hybridized carbons (Fsp3) is 0.235. The van der Waals surface area contributed by atoms with Gasteiger partial charge in [0.25, 0.3) is 0 Å². The standard InChI is InChI=1S/C17H16FN5O/c1-9-4-14(19)20-6-12(9)10-2-3-16-21-15(8-23(16)7-10)22-17(24)11-5-13(11)18/h2-4,6-8,11,13H,5H2,1H3,(H2,19,20)(H,22,24)/t11-,13+/m1/s1. The molecule has 0 saturated heterocycles. The number of pyridine rings is 2.